The zero-order chi connectivity index (χ0) is 6.85. The van der Waals surface area contributed by atoms with Crippen molar-refractivity contribution in [2.75, 3.05) is 0 Å². The smallest absolute Gasteiger partial charge is 0.230 e. The fourth-order valence-electron chi connectivity index (χ4n) is 0.880. The first-order valence-corrected chi connectivity index (χ1v) is 2.81. The lowest BCUT2D eigenvalue weighted by Crippen LogP contribution is -3.10. The molecule has 1 N–H and O–H groups in total. The van der Waals surface area contributed by atoms with E-state index in [1.54, 1.807) is 0 Å². The molecule has 0 aliphatic carbocycles. The van der Waals surface area contributed by atoms with Crippen LogP contribution in [0.4, 0.5) is 0 Å². The van der Waals surface area contributed by atoms with Gasteiger partial charge in [-0.3, -0.25) is 0 Å². The van der Waals surface area contributed by atoms with Gasteiger partial charge in [0, 0.05) is 0 Å². The Morgan fingerprint density at radius 1 is 1.33 bits per heavy atom. The molecule has 0 saturated carbocycles. The summed E-state index contributed by atoms with van der Waals surface area (Å²) in [5.41, 5.74) is 0. The van der Waals surface area contributed by atoms with Crippen LogP contribution < -0.4 is 4.90 Å². The molecule has 0 radical (unpaired) electrons. The number of imide groups is 1. The van der Waals surface area contributed by atoms with Gasteiger partial charge < -0.3 is 0 Å². The fourth-order valence-corrected chi connectivity index (χ4v) is 0.880. The minimum Gasteiger partial charge on any atom is -0.230 e. The lowest BCUT2D eigenvalue weighted by atomic mass is 10.4. The molecule has 0 atom stereocenters. The van der Waals surface area contributed by atoms with Gasteiger partial charge in [0.15, 0.2) is 0 Å². The summed E-state index contributed by atoms with van der Waals surface area (Å²) in [6.45, 7) is 3.36. The first-order valence-electron chi connectivity index (χ1n) is 2.81. The monoisotopic (exact) mass is 126 g/mol. The van der Waals surface area contributed by atoms with Crippen LogP contribution in [-0.4, -0.2) is 11.8 Å². The maximum Gasteiger partial charge on any atom is 0.324 e. The van der Waals surface area contributed by atoms with E-state index in [0.717, 1.165) is 0 Å². The first-order chi connectivity index (χ1) is 4.25. The van der Waals surface area contributed by atoms with E-state index in [0.29, 0.717) is 12.8 Å². The van der Waals surface area contributed by atoms with Crippen LogP contribution >= 0.6 is 0 Å². The predicted octanol–water partition coefficient (Wildman–Crippen LogP) is -1.14. The van der Waals surface area contributed by atoms with Crippen molar-refractivity contribution in [1.29, 1.82) is 0 Å². The van der Waals surface area contributed by atoms with Gasteiger partial charge in [0.05, 0.1) is 12.8 Å². The third-order valence-corrected chi connectivity index (χ3v) is 1.38. The maximum absolute atomic E-state index is 10.7. The number of nitrogens with one attached hydrogen (secondary N) is 1. The van der Waals surface area contributed by atoms with Crippen molar-refractivity contribution in [3.05, 3.63) is 12.8 Å². The highest BCUT2D eigenvalue weighted by molar-refractivity contribution is 5.88. The van der Waals surface area contributed by atoms with Crippen LogP contribution in [0.5, 0.6) is 0 Å². The van der Waals surface area contributed by atoms with E-state index in [-0.39, 0.29) is 16.7 Å². The van der Waals surface area contributed by atoms with E-state index in [9.17, 15) is 9.59 Å². The number of quaternary nitrogens is 1. The third kappa shape index (κ3) is 0.907. The van der Waals surface area contributed by atoms with Crippen molar-refractivity contribution in [2.24, 2.45) is 0 Å². The third-order valence-electron chi connectivity index (χ3n) is 1.38. The molecule has 48 valence electrons. The molecule has 0 aromatic carbocycles. The Morgan fingerprint density at radius 3 is 2.00 bits per heavy atom. The average molecular weight is 126 g/mol. The van der Waals surface area contributed by atoms with Crippen molar-refractivity contribution in [2.45, 2.75) is 12.8 Å². The van der Waals surface area contributed by atoms with Crippen LogP contribution in [0.25, 0.3) is 0 Å². The standard InChI is InChI=1S/C6H7NO2/c1-2-7-5(8)3-4-6(7)9/h2H,1,3-4H2/p+1. The second kappa shape index (κ2) is 2.11. The normalized spacial score (nSPS) is 20.9. The lowest BCUT2D eigenvalue weighted by Gasteiger charge is -1.95. The summed E-state index contributed by atoms with van der Waals surface area (Å²) < 4.78 is 0. The molecule has 2 amide bonds. The molecule has 1 fully saturated rings. The molecule has 0 unspecified atom stereocenters. The summed E-state index contributed by atoms with van der Waals surface area (Å²) in [5, 5.41) is 0. The molecule has 0 bridgehead atoms. The van der Waals surface area contributed by atoms with E-state index in [2.05, 4.69) is 6.58 Å². The van der Waals surface area contributed by atoms with Gasteiger partial charge in [-0.2, -0.15) is 4.90 Å². The van der Waals surface area contributed by atoms with E-state index in [4.69, 9.17) is 0 Å². The minimum absolute atomic E-state index is 0.0602. The summed E-state index contributed by atoms with van der Waals surface area (Å²) >= 11 is 0. The van der Waals surface area contributed by atoms with Crippen molar-refractivity contribution >= 4 is 11.8 Å². The van der Waals surface area contributed by atoms with E-state index >= 15 is 0 Å². The topological polar surface area (TPSA) is 38.6 Å². The van der Waals surface area contributed by atoms with Crippen LogP contribution in [0.15, 0.2) is 12.8 Å². The number of carbonyl (C=O) groups excluding carboxylic acids is 2. The number of amides is 2. The quantitative estimate of drug-likeness (QED) is 0.451. The SMILES string of the molecule is C=C[NH+]1C(=O)CCC1=O. The number of hydrogen-bond acceptors (Lipinski definition) is 2. The zero-order valence-electron chi connectivity index (χ0n) is 5.02. The van der Waals surface area contributed by atoms with E-state index in [1.165, 1.54) is 6.20 Å². The molecule has 0 aromatic heterocycles. The van der Waals surface area contributed by atoms with Crippen LogP contribution in [0.1, 0.15) is 12.8 Å². The Balaban J connectivity index is 2.77. The Morgan fingerprint density at radius 2 is 1.78 bits per heavy atom. The molecular formula is C6H8NO2+. The minimum atomic E-state index is -0.0602. The Hall–Kier alpha value is -0.960. The van der Waals surface area contributed by atoms with Gasteiger partial charge in [-0.25, -0.2) is 9.59 Å². The molecule has 1 aliphatic rings. The Bertz CT molecular complexity index is 158. The van der Waals surface area contributed by atoms with Crippen LogP contribution in [0, 0.1) is 0 Å². The average Bonchev–Trinajstić information content (AvgIpc) is 2.12. The molecule has 1 aliphatic heterocycles. The molecule has 1 rings (SSSR count). The number of rotatable bonds is 1. The van der Waals surface area contributed by atoms with E-state index in [1.807, 2.05) is 0 Å². The van der Waals surface area contributed by atoms with Gasteiger partial charge in [0.1, 0.15) is 6.20 Å². The molecule has 0 spiro atoms. The molecule has 0 aromatic rings. The summed E-state index contributed by atoms with van der Waals surface area (Å²) in [5.74, 6) is -0.120. The first kappa shape index (κ1) is 6.16. The predicted molar refractivity (Wildman–Crippen MR) is 30.4 cm³/mol. The molecule has 3 nitrogen and oxygen atoms in total. The van der Waals surface area contributed by atoms with Gasteiger partial charge in [-0.15, -0.1) is 0 Å². The Kier molecular flexibility index (Phi) is 1.44. The summed E-state index contributed by atoms with van der Waals surface area (Å²) in [6.07, 6.45) is 2.10. The van der Waals surface area contributed by atoms with Gasteiger partial charge in [0.25, 0.3) is 0 Å². The van der Waals surface area contributed by atoms with Crippen molar-refractivity contribution in [3.8, 4) is 0 Å². The van der Waals surface area contributed by atoms with Crippen LogP contribution in [-0.2, 0) is 9.59 Å². The van der Waals surface area contributed by atoms with Crippen molar-refractivity contribution in [3.63, 3.8) is 0 Å². The van der Waals surface area contributed by atoms with E-state index < -0.39 is 0 Å². The fraction of sp³-hybridized carbons (Fsp3) is 0.333. The maximum atomic E-state index is 10.7. The zero-order valence-corrected chi connectivity index (χ0v) is 5.02. The Labute approximate surface area is 53.0 Å². The highest BCUT2D eigenvalue weighted by Gasteiger charge is 2.32. The summed E-state index contributed by atoms with van der Waals surface area (Å²) in [6, 6.07) is 0. The molecule has 3 heteroatoms. The molecular weight excluding hydrogens is 118 g/mol. The highest BCUT2D eigenvalue weighted by Crippen LogP contribution is 1.91. The molecule has 1 heterocycles. The second-order valence-corrected chi connectivity index (χ2v) is 1.96. The van der Waals surface area contributed by atoms with Crippen LogP contribution in [0.2, 0.25) is 0 Å². The van der Waals surface area contributed by atoms with Gasteiger partial charge in [0.2, 0.25) is 0 Å². The molecule has 9 heavy (non-hydrogen) atoms. The van der Waals surface area contributed by atoms with Crippen molar-refractivity contribution in [1.82, 2.24) is 0 Å². The second-order valence-electron chi connectivity index (χ2n) is 1.96. The van der Waals surface area contributed by atoms with Gasteiger partial charge >= 0.3 is 11.8 Å². The summed E-state index contributed by atoms with van der Waals surface area (Å²) in [7, 11) is 0. The molecule has 1 saturated heterocycles. The van der Waals surface area contributed by atoms with Gasteiger partial charge in [-0.05, 0) is 6.58 Å². The number of likely N-dealkylation sites (tertiary alicyclic amines) is 1. The summed E-state index contributed by atoms with van der Waals surface area (Å²) in [4.78, 5) is 21.7. The van der Waals surface area contributed by atoms with Crippen LogP contribution in [0.3, 0.4) is 0 Å². The lowest BCUT2D eigenvalue weighted by molar-refractivity contribution is -0.671. The van der Waals surface area contributed by atoms with Crippen molar-refractivity contribution < 1.29 is 14.5 Å². The highest BCUT2D eigenvalue weighted by atomic mass is 16.2. The van der Waals surface area contributed by atoms with Gasteiger partial charge in [-0.1, -0.05) is 0 Å². The largest absolute Gasteiger partial charge is 0.324 e. The number of hydrogen-bond donors (Lipinski definition) is 1. The number of carbonyl (C=O) groups is 2.